The maximum Gasteiger partial charge on any atom is 0.258 e. The van der Waals surface area contributed by atoms with Crippen molar-refractivity contribution in [2.24, 2.45) is 0 Å². The van der Waals surface area contributed by atoms with Gasteiger partial charge in [0.05, 0.1) is 28.8 Å². The molecule has 1 amide bonds. The van der Waals surface area contributed by atoms with E-state index in [0.29, 0.717) is 28.1 Å². The molecule has 0 aliphatic heterocycles. The number of hydrogen-bond acceptors (Lipinski definition) is 5. The number of rotatable bonds is 8. The summed E-state index contributed by atoms with van der Waals surface area (Å²) in [7, 11) is 0. The molecule has 0 saturated heterocycles. The van der Waals surface area contributed by atoms with Crippen LogP contribution in [0.15, 0.2) is 34.1 Å². The van der Waals surface area contributed by atoms with Crippen molar-refractivity contribution in [2.45, 2.75) is 26.3 Å². The lowest BCUT2D eigenvalue weighted by Crippen LogP contribution is -2.32. The van der Waals surface area contributed by atoms with Crippen LogP contribution in [-0.2, 0) is 4.79 Å². The molecule has 1 aromatic carbocycles. The van der Waals surface area contributed by atoms with Gasteiger partial charge < -0.3 is 14.8 Å². The molecule has 1 heterocycles. The Morgan fingerprint density at radius 2 is 2.20 bits per heavy atom. The molecular formula is C18H19BrN2O3S. The van der Waals surface area contributed by atoms with Crippen LogP contribution in [0, 0.1) is 11.3 Å². The Bertz CT molecular complexity index is 756. The molecule has 2 aromatic rings. The zero-order valence-corrected chi connectivity index (χ0v) is 16.4. The van der Waals surface area contributed by atoms with Crippen molar-refractivity contribution < 1.29 is 14.3 Å². The summed E-state index contributed by atoms with van der Waals surface area (Å²) in [4.78, 5) is 13.4. The molecule has 0 aliphatic rings. The predicted molar refractivity (Wildman–Crippen MR) is 101 cm³/mol. The molecule has 1 unspecified atom stereocenters. The van der Waals surface area contributed by atoms with E-state index in [2.05, 4.69) is 27.3 Å². The maximum absolute atomic E-state index is 12.2. The van der Waals surface area contributed by atoms with Gasteiger partial charge in [0.2, 0.25) is 0 Å². The van der Waals surface area contributed by atoms with Gasteiger partial charge in [0, 0.05) is 10.9 Å². The Kier molecular flexibility index (Phi) is 7.29. The number of halogens is 1. The van der Waals surface area contributed by atoms with Gasteiger partial charge in [-0.3, -0.25) is 4.79 Å². The van der Waals surface area contributed by atoms with Crippen LogP contribution in [0.5, 0.6) is 11.5 Å². The average molecular weight is 423 g/mol. The fraction of sp³-hybridized carbons (Fsp3) is 0.333. The van der Waals surface area contributed by atoms with Crippen molar-refractivity contribution in [3.63, 3.8) is 0 Å². The predicted octanol–water partition coefficient (Wildman–Crippen LogP) is 4.43. The molecule has 0 spiro atoms. The first-order valence-electron chi connectivity index (χ1n) is 7.91. The van der Waals surface area contributed by atoms with E-state index >= 15 is 0 Å². The fourth-order valence-corrected chi connectivity index (χ4v) is 3.69. The van der Waals surface area contributed by atoms with E-state index in [1.165, 1.54) is 0 Å². The molecule has 1 atom stereocenters. The number of nitrogens with one attached hydrogen (secondary N) is 1. The zero-order valence-electron chi connectivity index (χ0n) is 14.0. The van der Waals surface area contributed by atoms with E-state index in [4.69, 9.17) is 14.7 Å². The van der Waals surface area contributed by atoms with Crippen LogP contribution in [0.3, 0.4) is 0 Å². The average Bonchev–Trinajstić information content (AvgIpc) is 3.13. The van der Waals surface area contributed by atoms with Crippen molar-refractivity contribution in [2.75, 3.05) is 13.2 Å². The number of benzene rings is 1. The smallest absolute Gasteiger partial charge is 0.258 e. The molecule has 25 heavy (non-hydrogen) atoms. The maximum atomic E-state index is 12.2. The van der Waals surface area contributed by atoms with Crippen molar-refractivity contribution >= 4 is 33.2 Å². The van der Waals surface area contributed by atoms with Crippen LogP contribution in [0.25, 0.3) is 0 Å². The minimum Gasteiger partial charge on any atom is -0.490 e. The Hall–Kier alpha value is -2.04. The van der Waals surface area contributed by atoms with E-state index in [9.17, 15) is 4.79 Å². The van der Waals surface area contributed by atoms with E-state index < -0.39 is 0 Å². The van der Waals surface area contributed by atoms with E-state index in [1.807, 2.05) is 31.4 Å². The van der Waals surface area contributed by atoms with E-state index in [0.717, 1.165) is 11.3 Å². The SMILES string of the molecule is CCOc1cc(C#N)cc(Br)c1OCC(=O)NC(CC)c1cccs1. The number of thiophene rings is 1. The van der Waals surface area contributed by atoms with Gasteiger partial charge in [0.25, 0.3) is 5.91 Å². The first kappa shape index (κ1) is 19.3. The van der Waals surface area contributed by atoms with E-state index in [-0.39, 0.29) is 18.6 Å². The van der Waals surface area contributed by atoms with Crippen LogP contribution in [-0.4, -0.2) is 19.1 Å². The summed E-state index contributed by atoms with van der Waals surface area (Å²) >= 11 is 4.98. The second kappa shape index (κ2) is 9.44. The van der Waals surface area contributed by atoms with Gasteiger partial charge in [0.15, 0.2) is 18.1 Å². The van der Waals surface area contributed by atoms with Crippen molar-refractivity contribution in [1.29, 1.82) is 5.26 Å². The molecule has 7 heteroatoms. The van der Waals surface area contributed by atoms with Crippen molar-refractivity contribution in [3.05, 3.63) is 44.6 Å². The van der Waals surface area contributed by atoms with Crippen LogP contribution >= 0.6 is 27.3 Å². The normalized spacial score (nSPS) is 11.4. The molecule has 1 N–H and O–H groups in total. The van der Waals surface area contributed by atoms with E-state index in [1.54, 1.807) is 23.5 Å². The van der Waals surface area contributed by atoms with Gasteiger partial charge >= 0.3 is 0 Å². The first-order valence-corrected chi connectivity index (χ1v) is 9.58. The van der Waals surface area contributed by atoms with Gasteiger partial charge in [-0.1, -0.05) is 13.0 Å². The third kappa shape index (κ3) is 5.21. The molecule has 132 valence electrons. The van der Waals surface area contributed by atoms with Crippen molar-refractivity contribution in [3.8, 4) is 17.6 Å². The summed E-state index contributed by atoms with van der Waals surface area (Å²) in [6.45, 7) is 4.17. The molecule has 0 radical (unpaired) electrons. The number of carbonyl (C=O) groups excluding carboxylic acids is 1. The second-order valence-corrected chi connectivity index (χ2v) is 7.00. The highest BCUT2D eigenvalue weighted by Crippen LogP contribution is 2.36. The number of nitriles is 1. The van der Waals surface area contributed by atoms with Gasteiger partial charge in [0.1, 0.15) is 0 Å². The Labute approximate surface area is 159 Å². The van der Waals surface area contributed by atoms with Gasteiger partial charge in [-0.2, -0.15) is 5.26 Å². The molecule has 1 aromatic heterocycles. The number of carbonyl (C=O) groups is 1. The lowest BCUT2D eigenvalue weighted by Gasteiger charge is -2.17. The summed E-state index contributed by atoms with van der Waals surface area (Å²) < 4.78 is 11.7. The van der Waals surface area contributed by atoms with Gasteiger partial charge in [-0.05, 0) is 46.8 Å². The number of nitrogens with zero attached hydrogens (tertiary/aromatic N) is 1. The zero-order chi connectivity index (χ0) is 18.2. The first-order chi connectivity index (χ1) is 12.1. The summed E-state index contributed by atoms with van der Waals surface area (Å²) in [5, 5.41) is 14.0. The third-order valence-electron chi connectivity index (χ3n) is 3.42. The highest BCUT2D eigenvalue weighted by molar-refractivity contribution is 9.10. The molecule has 0 bridgehead atoms. The number of ether oxygens (including phenoxy) is 2. The molecule has 0 aliphatic carbocycles. The third-order valence-corrected chi connectivity index (χ3v) is 4.99. The van der Waals surface area contributed by atoms with Crippen LogP contribution in [0.2, 0.25) is 0 Å². The molecule has 5 nitrogen and oxygen atoms in total. The number of amides is 1. The van der Waals surface area contributed by atoms with Crippen molar-refractivity contribution in [1.82, 2.24) is 5.32 Å². The largest absolute Gasteiger partial charge is 0.490 e. The molecule has 0 saturated carbocycles. The minimum atomic E-state index is -0.209. The van der Waals surface area contributed by atoms with Gasteiger partial charge in [-0.25, -0.2) is 0 Å². The molecule has 0 fully saturated rings. The minimum absolute atomic E-state index is 0.0214. The fourth-order valence-electron chi connectivity index (χ4n) is 2.27. The Morgan fingerprint density at radius 3 is 2.80 bits per heavy atom. The summed E-state index contributed by atoms with van der Waals surface area (Å²) in [5.41, 5.74) is 0.455. The second-order valence-electron chi connectivity index (χ2n) is 5.16. The number of hydrogen-bond donors (Lipinski definition) is 1. The Morgan fingerprint density at radius 1 is 1.40 bits per heavy atom. The highest BCUT2D eigenvalue weighted by Gasteiger charge is 2.17. The topological polar surface area (TPSA) is 71.3 Å². The van der Waals surface area contributed by atoms with Crippen LogP contribution in [0.4, 0.5) is 0 Å². The quantitative estimate of drug-likeness (QED) is 0.682. The van der Waals surface area contributed by atoms with Gasteiger partial charge in [-0.15, -0.1) is 11.3 Å². The summed E-state index contributed by atoms with van der Waals surface area (Å²) in [5.74, 6) is 0.644. The highest BCUT2D eigenvalue weighted by atomic mass is 79.9. The monoisotopic (exact) mass is 422 g/mol. The summed E-state index contributed by atoms with van der Waals surface area (Å²) in [6, 6.07) is 9.25. The Balaban J connectivity index is 2.05. The molecule has 2 rings (SSSR count). The summed E-state index contributed by atoms with van der Waals surface area (Å²) in [6.07, 6.45) is 0.803. The van der Waals surface area contributed by atoms with Crippen LogP contribution in [0.1, 0.15) is 36.8 Å². The molecular weight excluding hydrogens is 404 g/mol. The lowest BCUT2D eigenvalue weighted by atomic mass is 10.2. The van der Waals surface area contributed by atoms with Crippen LogP contribution < -0.4 is 14.8 Å². The lowest BCUT2D eigenvalue weighted by molar-refractivity contribution is -0.123. The standard InChI is InChI=1S/C18H19BrN2O3S/c1-3-14(16-6-5-7-25-16)21-17(22)11-24-18-13(19)8-12(10-20)9-15(18)23-4-2/h5-9,14H,3-4,11H2,1-2H3,(H,21,22).